The van der Waals surface area contributed by atoms with Crippen LogP contribution in [0.3, 0.4) is 0 Å². The second kappa shape index (κ2) is 5.81. The zero-order chi connectivity index (χ0) is 15.9. The molecule has 2 aliphatic rings. The summed E-state index contributed by atoms with van der Waals surface area (Å²) in [5.41, 5.74) is 6.90. The van der Waals surface area contributed by atoms with Gasteiger partial charge in [-0.15, -0.1) is 0 Å². The smallest absolute Gasteiger partial charge is 0.178 e. The van der Waals surface area contributed by atoms with Gasteiger partial charge in [-0.2, -0.15) is 0 Å². The van der Waals surface area contributed by atoms with Gasteiger partial charge in [0.15, 0.2) is 9.84 Å². The van der Waals surface area contributed by atoms with Gasteiger partial charge in [0.1, 0.15) is 22.6 Å². The van der Waals surface area contributed by atoms with Gasteiger partial charge < -0.3 is 10.5 Å². The lowest BCUT2D eigenvalue weighted by atomic mass is 9.93. The third kappa shape index (κ3) is 3.27. The number of rotatable bonds is 4. The number of halogens is 1. The van der Waals surface area contributed by atoms with Crippen LogP contribution < -0.4 is 10.5 Å². The number of nitrogens with two attached hydrogens (primary N) is 1. The largest absolute Gasteiger partial charge is 0.488 e. The van der Waals surface area contributed by atoms with Gasteiger partial charge in [0, 0.05) is 18.4 Å². The van der Waals surface area contributed by atoms with Gasteiger partial charge in [0.25, 0.3) is 0 Å². The molecule has 0 saturated heterocycles. The van der Waals surface area contributed by atoms with Crippen LogP contribution in [0.2, 0.25) is 0 Å². The number of hydrogen-bond donors (Lipinski definition) is 1. The lowest BCUT2D eigenvalue weighted by Gasteiger charge is -2.30. The average molecular weight is 327 g/mol. The maximum absolute atomic E-state index is 14.2. The van der Waals surface area contributed by atoms with E-state index in [-0.39, 0.29) is 23.0 Å². The molecule has 2 saturated carbocycles. The van der Waals surface area contributed by atoms with E-state index in [0.29, 0.717) is 5.75 Å². The Morgan fingerprint density at radius 2 is 1.86 bits per heavy atom. The molecule has 0 aromatic heterocycles. The molecule has 6 heteroatoms. The van der Waals surface area contributed by atoms with Crippen molar-refractivity contribution >= 4 is 9.84 Å². The summed E-state index contributed by atoms with van der Waals surface area (Å²) in [4.78, 5) is -0.241. The summed E-state index contributed by atoms with van der Waals surface area (Å²) in [6, 6.07) is 2.63. The molecule has 0 heterocycles. The summed E-state index contributed by atoms with van der Waals surface area (Å²) in [5.74, 6) is -0.00283. The van der Waals surface area contributed by atoms with Crippen LogP contribution in [0.25, 0.3) is 0 Å². The molecule has 0 bridgehead atoms. The predicted molar refractivity (Wildman–Crippen MR) is 82.3 cm³/mol. The van der Waals surface area contributed by atoms with Crippen molar-refractivity contribution in [3.63, 3.8) is 0 Å². The number of sulfone groups is 1. The maximum atomic E-state index is 14.2. The van der Waals surface area contributed by atoms with Crippen molar-refractivity contribution in [3.8, 4) is 5.75 Å². The Hall–Kier alpha value is -1.14. The average Bonchev–Trinajstić information content (AvgIpc) is 3.24. The molecule has 1 aromatic carbocycles. The van der Waals surface area contributed by atoms with E-state index >= 15 is 0 Å². The molecule has 1 aromatic rings. The molecule has 0 unspecified atom stereocenters. The van der Waals surface area contributed by atoms with E-state index in [1.807, 2.05) is 0 Å². The van der Waals surface area contributed by atoms with Gasteiger partial charge in [-0.05, 0) is 49.7 Å². The SMILES string of the molecule is CS(=O)(=O)c1cc(C2CC2)c(O[C@H]2CCCC[C@@H]2N)cc1F. The predicted octanol–water partition coefficient (Wildman–Crippen LogP) is 2.76. The second-order valence-electron chi connectivity index (χ2n) is 6.47. The molecule has 0 aliphatic heterocycles. The van der Waals surface area contributed by atoms with E-state index in [9.17, 15) is 12.8 Å². The first kappa shape index (κ1) is 15.7. The van der Waals surface area contributed by atoms with Crippen molar-refractivity contribution in [2.45, 2.75) is 61.5 Å². The zero-order valence-electron chi connectivity index (χ0n) is 12.7. The Morgan fingerprint density at radius 1 is 1.18 bits per heavy atom. The van der Waals surface area contributed by atoms with Gasteiger partial charge in [-0.3, -0.25) is 0 Å². The highest BCUT2D eigenvalue weighted by Crippen LogP contribution is 2.46. The molecule has 2 N–H and O–H groups in total. The van der Waals surface area contributed by atoms with Crippen LogP contribution in [0.4, 0.5) is 4.39 Å². The van der Waals surface area contributed by atoms with Crippen molar-refractivity contribution in [3.05, 3.63) is 23.5 Å². The number of hydrogen-bond acceptors (Lipinski definition) is 4. The third-order valence-corrected chi connectivity index (χ3v) is 5.62. The molecule has 2 fully saturated rings. The molecule has 122 valence electrons. The van der Waals surface area contributed by atoms with Crippen molar-refractivity contribution in [1.82, 2.24) is 0 Å². The molecule has 0 amide bonds. The van der Waals surface area contributed by atoms with Crippen LogP contribution in [-0.4, -0.2) is 26.8 Å². The van der Waals surface area contributed by atoms with Crippen LogP contribution in [-0.2, 0) is 9.84 Å². The molecular formula is C16H22FNO3S. The molecule has 2 atom stereocenters. The van der Waals surface area contributed by atoms with Crippen LogP contribution in [0.5, 0.6) is 5.75 Å². The van der Waals surface area contributed by atoms with E-state index in [1.54, 1.807) is 0 Å². The van der Waals surface area contributed by atoms with Gasteiger partial charge in [-0.1, -0.05) is 6.42 Å². The highest BCUT2D eigenvalue weighted by atomic mass is 32.2. The fourth-order valence-electron chi connectivity index (χ4n) is 3.09. The van der Waals surface area contributed by atoms with Crippen molar-refractivity contribution in [2.24, 2.45) is 5.73 Å². The summed E-state index contributed by atoms with van der Waals surface area (Å²) in [7, 11) is -3.58. The normalized spacial score (nSPS) is 26.0. The van der Waals surface area contributed by atoms with Gasteiger partial charge >= 0.3 is 0 Å². The standard InChI is InChI=1S/C16H22FNO3S/c1-22(19,20)16-8-11(10-6-7-10)15(9-12(16)17)21-14-5-3-2-4-13(14)18/h8-10,13-14H,2-7,18H2,1H3/t13-,14-/m0/s1. The summed E-state index contributed by atoms with van der Waals surface area (Å²) >= 11 is 0. The molecule has 0 radical (unpaired) electrons. The Kier molecular flexibility index (Phi) is 4.16. The number of benzene rings is 1. The minimum absolute atomic E-state index is 0.0431. The van der Waals surface area contributed by atoms with E-state index < -0.39 is 15.7 Å². The lowest BCUT2D eigenvalue weighted by Crippen LogP contribution is -2.41. The lowest BCUT2D eigenvalue weighted by molar-refractivity contribution is 0.130. The first-order chi connectivity index (χ1) is 10.4. The first-order valence-electron chi connectivity index (χ1n) is 7.82. The maximum Gasteiger partial charge on any atom is 0.178 e. The second-order valence-corrected chi connectivity index (χ2v) is 8.46. The van der Waals surface area contributed by atoms with Gasteiger partial charge in [0.05, 0.1) is 0 Å². The molecule has 4 nitrogen and oxygen atoms in total. The van der Waals surface area contributed by atoms with E-state index in [1.165, 1.54) is 12.1 Å². The highest BCUT2D eigenvalue weighted by Gasteiger charge is 2.32. The Labute approximate surface area is 130 Å². The molecule has 0 spiro atoms. The van der Waals surface area contributed by atoms with Crippen molar-refractivity contribution in [1.29, 1.82) is 0 Å². The molecular weight excluding hydrogens is 305 g/mol. The van der Waals surface area contributed by atoms with Crippen LogP contribution in [0.15, 0.2) is 17.0 Å². The molecule has 2 aliphatic carbocycles. The summed E-state index contributed by atoms with van der Waals surface area (Å²) in [6.45, 7) is 0. The third-order valence-electron chi connectivity index (χ3n) is 4.51. The quantitative estimate of drug-likeness (QED) is 0.923. The summed E-state index contributed by atoms with van der Waals surface area (Å²) in [6.07, 6.45) is 6.81. The van der Waals surface area contributed by atoms with E-state index in [4.69, 9.17) is 10.5 Å². The minimum Gasteiger partial charge on any atom is -0.488 e. The topological polar surface area (TPSA) is 69.4 Å². The van der Waals surface area contributed by atoms with Crippen LogP contribution in [0, 0.1) is 5.82 Å². The Balaban J connectivity index is 1.94. The molecule has 22 heavy (non-hydrogen) atoms. The van der Waals surface area contributed by atoms with E-state index in [2.05, 4.69) is 0 Å². The first-order valence-corrected chi connectivity index (χ1v) is 9.71. The summed E-state index contributed by atoms with van der Waals surface area (Å²) in [5, 5.41) is 0. The molecule has 3 rings (SSSR count). The van der Waals surface area contributed by atoms with E-state index in [0.717, 1.165) is 50.3 Å². The fourth-order valence-corrected chi connectivity index (χ4v) is 3.84. The summed E-state index contributed by atoms with van der Waals surface area (Å²) < 4.78 is 43.6. The van der Waals surface area contributed by atoms with Gasteiger partial charge in [-0.25, -0.2) is 12.8 Å². The monoisotopic (exact) mass is 327 g/mol. The van der Waals surface area contributed by atoms with Crippen molar-refractivity contribution < 1.29 is 17.5 Å². The van der Waals surface area contributed by atoms with Crippen LogP contribution in [0.1, 0.15) is 50.0 Å². The van der Waals surface area contributed by atoms with Gasteiger partial charge in [0.2, 0.25) is 0 Å². The van der Waals surface area contributed by atoms with Crippen LogP contribution >= 0.6 is 0 Å². The number of ether oxygens (including phenoxy) is 1. The Bertz CT molecular complexity index is 670. The van der Waals surface area contributed by atoms with Crippen molar-refractivity contribution in [2.75, 3.05) is 6.26 Å². The highest BCUT2D eigenvalue weighted by molar-refractivity contribution is 7.90. The Morgan fingerprint density at radius 3 is 2.45 bits per heavy atom. The fraction of sp³-hybridized carbons (Fsp3) is 0.625. The minimum atomic E-state index is -3.58. The zero-order valence-corrected chi connectivity index (χ0v) is 13.5.